The molecule has 2 aromatic heterocycles. The van der Waals surface area contributed by atoms with Gasteiger partial charge in [0.15, 0.2) is 0 Å². The predicted octanol–water partition coefficient (Wildman–Crippen LogP) is 3.80. The number of nitrogens with one attached hydrogen (secondary N) is 1. The molecule has 0 bridgehead atoms. The Bertz CT molecular complexity index is 802. The summed E-state index contributed by atoms with van der Waals surface area (Å²) in [6.45, 7) is 4.73. The maximum absolute atomic E-state index is 4.69. The highest BCUT2D eigenvalue weighted by Crippen LogP contribution is 2.23. The first-order valence-corrected chi connectivity index (χ1v) is 9.08. The molecule has 0 aliphatic carbocycles. The Morgan fingerprint density at radius 1 is 1.04 bits per heavy atom. The molecule has 2 heterocycles. The van der Waals surface area contributed by atoms with Crippen molar-refractivity contribution < 1.29 is 0 Å². The van der Waals surface area contributed by atoms with E-state index in [2.05, 4.69) is 56.6 Å². The van der Waals surface area contributed by atoms with E-state index in [1.54, 1.807) is 11.3 Å². The standard InChI is InChI=1S/C18H22N6S/c1-12(2)15-21-17(23-18(22-15)24(3)4)19-10-14-11-25-16(20-14)13-8-6-5-7-9-13/h5-9,11-12H,10H2,1-4H3,(H,19,21,22,23). The van der Waals surface area contributed by atoms with Crippen LogP contribution in [0.3, 0.4) is 0 Å². The van der Waals surface area contributed by atoms with Crippen LogP contribution in [-0.2, 0) is 6.54 Å². The van der Waals surface area contributed by atoms with Crippen LogP contribution in [0.25, 0.3) is 10.6 Å². The number of thiazole rings is 1. The molecular weight excluding hydrogens is 332 g/mol. The molecular formula is C18H22N6S. The van der Waals surface area contributed by atoms with Crippen LogP contribution < -0.4 is 10.2 Å². The molecule has 0 amide bonds. The van der Waals surface area contributed by atoms with Gasteiger partial charge in [-0.05, 0) is 0 Å². The van der Waals surface area contributed by atoms with Gasteiger partial charge in [0.2, 0.25) is 11.9 Å². The molecule has 6 nitrogen and oxygen atoms in total. The van der Waals surface area contributed by atoms with Crippen LogP contribution in [-0.4, -0.2) is 34.0 Å². The van der Waals surface area contributed by atoms with E-state index in [0.717, 1.165) is 22.1 Å². The average molecular weight is 354 g/mol. The van der Waals surface area contributed by atoms with Crippen molar-refractivity contribution in [3.05, 3.63) is 47.2 Å². The SMILES string of the molecule is CC(C)c1nc(NCc2csc(-c3ccccc3)n2)nc(N(C)C)n1. The predicted molar refractivity (Wildman–Crippen MR) is 103 cm³/mol. The fourth-order valence-corrected chi connectivity index (χ4v) is 3.01. The highest BCUT2D eigenvalue weighted by atomic mass is 32.1. The number of benzene rings is 1. The van der Waals surface area contributed by atoms with Crippen LogP contribution in [0.2, 0.25) is 0 Å². The van der Waals surface area contributed by atoms with Crippen molar-refractivity contribution >= 4 is 23.2 Å². The van der Waals surface area contributed by atoms with Gasteiger partial charge in [-0.25, -0.2) is 4.98 Å². The molecule has 1 N–H and O–H groups in total. The van der Waals surface area contributed by atoms with E-state index in [9.17, 15) is 0 Å². The molecule has 0 saturated carbocycles. The molecule has 0 aliphatic heterocycles. The van der Waals surface area contributed by atoms with Gasteiger partial charge in [0, 0.05) is 31.0 Å². The molecule has 0 fully saturated rings. The first-order chi connectivity index (χ1) is 12.0. The summed E-state index contributed by atoms with van der Waals surface area (Å²) < 4.78 is 0. The molecule has 0 aliphatic rings. The molecule has 7 heteroatoms. The van der Waals surface area contributed by atoms with E-state index in [1.165, 1.54) is 0 Å². The van der Waals surface area contributed by atoms with Crippen molar-refractivity contribution in [2.75, 3.05) is 24.3 Å². The topological polar surface area (TPSA) is 66.8 Å². The van der Waals surface area contributed by atoms with E-state index in [4.69, 9.17) is 0 Å². The Hall–Kier alpha value is -2.54. The first kappa shape index (κ1) is 17.3. The quantitative estimate of drug-likeness (QED) is 0.726. The van der Waals surface area contributed by atoms with E-state index < -0.39 is 0 Å². The largest absolute Gasteiger partial charge is 0.348 e. The lowest BCUT2D eigenvalue weighted by molar-refractivity contribution is 0.754. The van der Waals surface area contributed by atoms with Crippen LogP contribution >= 0.6 is 11.3 Å². The number of nitrogens with zero attached hydrogens (tertiary/aromatic N) is 5. The Morgan fingerprint density at radius 2 is 1.80 bits per heavy atom. The zero-order valence-corrected chi connectivity index (χ0v) is 15.7. The fourth-order valence-electron chi connectivity index (χ4n) is 2.19. The molecule has 25 heavy (non-hydrogen) atoms. The molecule has 0 saturated heterocycles. The molecule has 0 atom stereocenters. The van der Waals surface area contributed by atoms with Gasteiger partial charge >= 0.3 is 0 Å². The van der Waals surface area contributed by atoms with Gasteiger partial charge in [0.1, 0.15) is 10.8 Å². The summed E-state index contributed by atoms with van der Waals surface area (Å²) in [7, 11) is 3.85. The molecule has 0 radical (unpaired) electrons. The van der Waals surface area contributed by atoms with Crippen molar-refractivity contribution in [1.82, 2.24) is 19.9 Å². The lowest BCUT2D eigenvalue weighted by atomic mass is 10.2. The smallest absolute Gasteiger partial charge is 0.229 e. The second-order valence-electron chi connectivity index (χ2n) is 6.23. The summed E-state index contributed by atoms with van der Waals surface area (Å²) in [5, 5.41) is 6.35. The fraction of sp³-hybridized carbons (Fsp3) is 0.333. The second-order valence-corrected chi connectivity index (χ2v) is 7.09. The van der Waals surface area contributed by atoms with E-state index in [0.29, 0.717) is 18.4 Å². The van der Waals surface area contributed by atoms with E-state index >= 15 is 0 Å². The number of hydrogen-bond donors (Lipinski definition) is 1. The molecule has 3 rings (SSSR count). The lowest BCUT2D eigenvalue weighted by Crippen LogP contribution is -2.17. The first-order valence-electron chi connectivity index (χ1n) is 8.20. The highest BCUT2D eigenvalue weighted by molar-refractivity contribution is 7.13. The van der Waals surface area contributed by atoms with E-state index in [-0.39, 0.29) is 5.92 Å². The van der Waals surface area contributed by atoms with Crippen LogP contribution in [0.15, 0.2) is 35.7 Å². The van der Waals surface area contributed by atoms with Gasteiger partial charge in [-0.1, -0.05) is 44.2 Å². The normalized spacial score (nSPS) is 10.9. The summed E-state index contributed by atoms with van der Waals surface area (Å²) in [5.41, 5.74) is 2.11. The van der Waals surface area contributed by atoms with Crippen molar-refractivity contribution in [1.29, 1.82) is 0 Å². The molecule has 3 aromatic rings. The van der Waals surface area contributed by atoms with Crippen LogP contribution in [0.5, 0.6) is 0 Å². The van der Waals surface area contributed by atoms with Crippen molar-refractivity contribution in [2.45, 2.75) is 26.3 Å². The number of anilines is 2. The Labute approximate surface area is 152 Å². The van der Waals surface area contributed by atoms with Gasteiger partial charge in [0.05, 0.1) is 12.2 Å². The monoisotopic (exact) mass is 354 g/mol. The lowest BCUT2D eigenvalue weighted by Gasteiger charge is -2.14. The Morgan fingerprint density at radius 3 is 2.48 bits per heavy atom. The number of hydrogen-bond acceptors (Lipinski definition) is 7. The zero-order chi connectivity index (χ0) is 17.8. The zero-order valence-electron chi connectivity index (χ0n) is 14.9. The maximum atomic E-state index is 4.69. The third-order valence-corrected chi connectivity index (χ3v) is 4.50. The Kier molecular flexibility index (Phi) is 5.23. The molecule has 1 aromatic carbocycles. The van der Waals surface area contributed by atoms with Crippen LogP contribution in [0.1, 0.15) is 31.3 Å². The Balaban J connectivity index is 1.74. The third-order valence-electron chi connectivity index (χ3n) is 3.56. The van der Waals surface area contributed by atoms with Gasteiger partial charge in [-0.2, -0.15) is 15.0 Å². The van der Waals surface area contributed by atoms with Crippen molar-refractivity contribution in [2.24, 2.45) is 0 Å². The summed E-state index contributed by atoms with van der Waals surface area (Å²) >= 11 is 1.64. The maximum Gasteiger partial charge on any atom is 0.229 e. The summed E-state index contributed by atoms with van der Waals surface area (Å²) in [5.74, 6) is 2.26. The van der Waals surface area contributed by atoms with Gasteiger partial charge in [0.25, 0.3) is 0 Å². The summed E-state index contributed by atoms with van der Waals surface area (Å²) in [6.07, 6.45) is 0. The molecule has 130 valence electrons. The minimum Gasteiger partial charge on any atom is -0.348 e. The van der Waals surface area contributed by atoms with Crippen molar-refractivity contribution in [3.63, 3.8) is 0 Å². The third kappa shape index (κ3) is 4.30. The summed E-state index contributed by atoms with van der Waals surface area (Å²) in [6, 6.07) is 10.2. The highest BCUT2D eigenvalue weighted by Gasteiger charge is 2.11. The summed E-state index contributed by atoms with van der Waals surface area (Å²) in [4.78, 5) is 20.0. The minimum absolute atomic E-state index is 0.242. The van der Waals surface area contributed by atoms with Gasteiger partial charge in [-0.15, -0.1) is 11.3 Å². The number of aromatic nitrogens is 4. The van der Waals surface area contributed by atoms with Crippen LogP contribution in [0, 0.1) is 0 Å². The van der Waals surface area contributed by atoms with Crippen molar-refractivity contribution in [3.8, 4) is 10.6 Å². The minimum atomic E-state index is 0.242. The van der Waals surface area contributed by atoms with E-state index in [1.807, 2.05) is 37.2 Å². The molecule has 0 spiro atoms. The second kappa shape index (κ2) is 7.57. The van der Waals surface area contributed by atoms with Gasteiger partial charge in [-0.3, -0.25) is 0 Å². The number of rotatable bonds is 6. The molecule has 0 unspecified atom stereocenters. The van der Waals surface area contributed by atoms with Gasteiger partial charge < -0.3 is 10.2 Å². The van der Waals surface area contributed by atoms with Crippen LogP contribution in [0.4, 0.5) is 11.9 Å². The average Bonchev–Trinajstić information content (AvgIpc) is 3.09.